The van der Waals surface area contributed by atoms with Gasteiger partial charge in [0.15, 0.2) is 0 Å². The van der Waals surface area contributed by atoms with E-state index in [4.69, 9.17) is 4.74 Å². The Morgan fingerprint density at radius 1 is 0.933 bits per heavy atom. The summed E-state index contributed by atoms with van der Waals surface area (Å²) in [6.07, 6.45) is 0.0233. The molecule has 0 aliphatic rings. The molecule has 0 heterocycles. The molecule has 0 fully saturated rings. The molecule has 15 heavy (non-hydrogen) atoms. The van der Waals surface area contributed by atoms with Crippen LogP contribution in [0.5, 0.6) is 5.75 Å². The predicted octanol–water partition coefficient (Wildman–Crippen LogP) is 3.33. The fourth-order valence-corrected chi connectivity index (χ4v) is 2.08. The van der Waals surface area contributed by atoms with E-state index in [9.17, 15) is 5.11 Å². The number of hydrogen-bond donors (Lipinski definition) is 1. The molecule has 0 spiro atoms. The van der Waals surface area contributed by atoms with Crippen LogP contribution in [0.15, 0.2) is 0 Å². The average molecular weight is 208 g/mol. The van der Waals surface area contributed by atoms with Crippen LogP contribution in [-0.2, 0) is 4.74 Å². The van der Waals surface area contributed by atoms with Crippen molar-refractivity contribution in [2.75, 3.05) is 7.11 Å². The highest BCUT2D eigenvalue weighted by atomic mass is 16.5. The lowest BCUT2D eigenvalue weighted by atomic mass is 9.90. The maximum atomic E-state index is 9.98. The van der Waals surface area contributed by atoms with Gasteiger partial charge in [-0.3, -0.25) is 0 Å². The van der Waals surface area contributed by atoms with Crippen molar-refractivity contribution in [3.63, 3.8) is 0 Å². The molecular weight excluding hydrogens is 188 g/mol. The average Bonchev–Trinajstić information content (AvgIpc) is 2.23. The second-order valence-corrected chi connectivity index (χ2v) is 4.14. The Bertz CT molecular complexity index is 352. The van der Waals surface area contributed by atoms with E-state index < -0.39 is 0 Å². The summed E-state index contributed by atoms with van der Waals surface area (Å²) in [5.41, 5.74) is 5.38. The molecule has 0 amide bonds. The first-order valence-corrected chi connectivity index (χ1v) is 5.23. The minimum absolute atomic E-state index is 0.0233. The highest BCUT2D eigenvalue weighted by molar-refractivity contribution is 5.53. The summed E-state index contributed by atoms with van der Waals surface area (Å²) < 4.78 is 5.34. The predicted molar refractivity (Wildman–Crippen MR) is 62.5 cm³/mol. The molecule has 1 unspecified atom stereocenters. The summed E-state index contributed by atoms with van der Waals surface area (Å²) in [5.74, 6) is 0.400. The van der Waals surface area contributed by atoms with E-state index in [1.165, 1.54) is 5.56 Å². The number of methoxy groups -OCH3 is 1. The molecule has 0 aromatic heterocycles. The van der Waals surface area contributed by atoms with Crippen LogP contribution in [0, 0.1) is 27.7 Å². The van der Waals surface area contributed by atoms with Gasteiger partial charge in [-0.15, -0.1) is 0 Å². The first-order chi connectivity index (χ1) is 6.91. The number of hydrogen-bond acceptors (Lipinski definition) is 2. The van der Waals surface area contributed by atoms with Gasteiger partial charge in [-0.2, -0.15) is 0 Å². The Hall–Kier alpha value is -1.02. The van der Waals surface area contributed by atoms with E-state index in [0.29, 0.717) is 5.75 Å². The third-order valence-electron chi connectivity index (χ3n) is 3.40. The minimum atomic E-state index is 0.0233. The van der Waals surface area contributed by atoms with E-state index in [0.717, 1.165) is 22.3 Å². The Balaban J connectivity index is 3.52. The van der Waals surface area contributed by atoms with Gasteiger partial charge in [-0.1, -0.05) is 0 Å². The summed E-state index contributed by atoms with van der Waals surface area (Å²) >= 11 is 0. The molecule has 1 N–H and O–H groups in total. The molecule has 1 rings (SSSR count). The summed E-state index contributed by atoms with van der Waals surface area (Å²) in [7, 11) is 1.69. The summed E-state index contributed by atoms with van der Waals surface area (Å²) in [6, 6.07) is 0. The van der Waals surface area contributed by atoms with Crippen LogP contribution in [0.1, 0.15) is 40.8 Å². The molecule has 0 bridgehead atoms. The van der Waals surface area contributed by atoms with Gasteiger partial charge in [0.05, 0.1) is 6.10 Å². The van der Waals surface area contributed by atoms with Gasteiger partial charge < -0.3 is 9.84 Å². The summed E-state index contributed by atoms with van der Waals surface area (Å²) in [5, 5.41) is 9.98. The van der Waals surface area contributed by atoms with E-state index in [1.807, 2.05) is 27.7 Å². The van der Waals surface area contributed by atoms with Crippen LogP contribution in [0.4, 0.5) is 0 Å². The monoisotopic (exact) mass is 208 g/mol. The fraction of sp³-hybridized carbons (Fsp3) is 0.538. The molecule has 1 aromatic carbocycles. The molecule has 1 atom stereocenters. The first-order valence-electron chi connectivity index (χ1n) is 5.23. The molecule has 0 saturated carbocycles. The first kappa shape index (κ1) is 12.1. The van der Waals surface area contributed by atoms with Gasteiger partial charge in [0, 0.05) is 7.11 Å². The van der Waals surface area contributed by atoms with Gasteiger partial charge in [-0.05, 0) is 62.4 Å². The van der Waals surface area contributed by atoms with Gasteiger partial charge in [-0.25, -0.2) is 0 Å². The van der Waals surface area contributed by atoms with Crippen molar-refractivity contribution in [1.82, 2.24) is 0 Å². The standard InChI is InChI=1S/C13H20O2/c1-7-8(2)12(11(5)15-6)10(4)13(14)9(7)3/h11,14H,1-6H3. The third-order valence-corrected chi connectivity index (χ3v) is 3.40. The molecule has 2 nitrogen and oxygen atoms in total. The number of phenolic OH excluding ortho intramolecular Hbond substituents is 1. The summed E-state index contributed by atoms with van der Waals surface area (Å²) in [6.45, 7) is 10.0. The zero-order chi connectivity index (χ0) is 11.7. The maximum Gasteiger partial charge on any atom is 0.122 e. The molecule has 0 radical (unpaired) electrons. The molecule has 84 valence electrons. The van der Waals surface area contributed by atoms with Crippen molar-refractivity contribution >= 4 is 0 Å². The zero-order valence-electron chi connectivity index (χ0n) is 10.4. The fourth-order valence-electron chi connectivity index (χ4n) is 2.08. The van der Waals surface area contributed by atoms with Crippen molar-refractivity contribution in [3.8, 4) is 5.75 Å². The minimum Gasteiger partial charge on any atom is -0.507 e. The second-order valence-electron chi connectivity index (χ2n) is 4.14. The maximum absolute atomic E-state index is 9.98. The normalized spacial score (nSPS) is 12.9. The second kappa shape index (κ2) is 4.23. The molecule has 1 aromatic rings. The van der Waals surface area contributed by atoms with Crippen LogP contribution in [0.2, 0.25) is 0 Å². The van der Waals surface area contributed by atoms with Crippen LogP contribution in [-0.4, -0.2) is 12.2 Å². The van der Waals surface area contributed by atoms with Crippen molar-refractivity contribution in [2.45, 2.75) is 40.7 Å². The smallest absolute Gasteiger partial charge is 0.122 e. The highest BCUT2D eigenvalue weighted by Crippen LogP contribution is 2.35. The van der Waals surface area contributed by atoms with Crippen LogP contribution in [0.3, 0.4) is 0 Å². The lowest BCUT2D eigenvalue weighted by Gasteiger charge is -2.21. The lowest BCUT2D eigenvalue weighted by molar-refractivity contribution is 0.118. The van der Waals surface area contributed by atoms with Crippen molar-refractivity contribution < 1.29 is 9.84 Å². The van der Waals surface area contributed by atoms with E-state index in [-0.39, 0.29) is 6.10 Å². The van der Waals surface area contributed by atoms with Crippen LogP contribution < -0.4 is 0 Å². The molecule has 0 aliphatic carbocycles. The van der Waals surface area contributed by atoms with Crippen molar-refractivity contribution in [3.05, 3.63) is 27.8 Å². The van der Waals surface area contributed by atoms with E-state index >= 15 is 0 Å². The Morgan fingerprint density at radius 3 is 1.93 bits per heavy atom. The van der Waals surface area contributed by atoms with E-state index in [1.54, 1.807) is 7.11 Å². The topological polar surface area (TPSA) is 29.5 Å². The Labute approximate surface area is 91.9 Å². The van der Waals surface area contributed by atoms with Gasteiger partial charge in [0.2, 0.25) is 0 Å². The molecule has 0 saturated heterocycles. The van der Waals surface area contributed by atoms with Gasteiger partial charge >= 0.3 is 0 Å². The van der Waals surface area contributed by atoms with Crippen LogP contribution in [0.25, 0.3) is 0 Å². The number of benzene rings is 1. The highest BCUT2D eigenvalue weighted by Gasteiger charge is 2.18. The van der Waals surface area contributed by atoms with Gasteiger partial charge in [0.25, 0.3) is 0 Å². The molecular formula is C13H20O2. The summed E-state index contributed by atoms with van der Waals surface area (Å²) in [4.78, 5) is 0. The quantitative estimate of drug-likeness (QED) is 0.807. The van der Waals surface area contributed by atoms with Crippen LogP contribution >= 0.6 is 0 Å². The number of rotatable bonds is 2. The van der Waals surface area contributed by atoms with Crippen molar-refractivity contribution in [2.24, 2.45) is 0 Å². The number of phenols is 1. The Kier molecular flexibility index (Phi) is 3.40. The molecule has 0 aliphatic heterocycles. The largest absolute Gasteiger partial charge is 0.507 e. The molecule has 2 heteroatoms. The van der Waals surface area contributed by atoms with Crippen molar-refractivity contribution in [1.29, 1.82) is 0 Å². The lowest BCUT2D eigenvalue weighted by Crippen LogP contribution is -2.05. The SMILES string of the molecule is COC(C)c1c(C)c(C)c(C)c(O)c1C. The zero-order valence-corrected chi connectivity index (χ0v) is 10.4. The number of aromatic hydroxyl groups is 1. The van der Waals surface area contributed by atoms with Gasteiger partial charge in [0.1, 0.15) is 5.75 Å². The Morgan fingerprint density at radius 2 is 1.47 bits per heavy atom. The number of ether oxygens (including phenoxy) is 1. The van der Waals surface area contributed by atoms with E-state index in [2.05, 4.69) is 6.92 Å². The third kappa shape index (κ3) is 1.86.